The zero-order valence-corrected chi connectivity index (χ0v) is 16.7. The van der Waals surface area contributed by atoms with Gasteiger partial charge in [0.2, 0.25) is 0 Å². The summed E-state index contributed by atoms with van der Waals surface area (Å²) in [5.41, 5.74) is 2.82. The number of H-pyrrole nitrogens is 2. The number of aromatic amines is 2. The number of hydrogen-bond donors (Lipinski definition) is 2. The second kappa shape index (κ2) is 5.70. The lowest BCUT2D eigenvalue weighted by molar-refractivity contribution is 0.172. The first-order chi connectivity index (χ1) is 11.1. The minimum Gasteiger partial charge on any atom is -0.413 e. The van der Waals surface area contributed by atoms with Crippen molar-refractivity contribution in [2.45, 2.75) is 64.8 Å². The summed E-state index contributed by atoms with van der Waals surface area (Å²) in [4.78, 5) is 15.8. The molecule has 0 spiro atoms. The van der Waals surface area contributed by atoms with Crippen LogP contribution in [0.4, 0.5) is 0 Å². The quantitative estimate of drug-likeness (QED) is 0.658. The van der Waals surface area contributed by atoms with Gasteiger partial charge in [-0.05, 0) is 31.1 Å². The summed E-state index contributed by atoms with van der Waals surface area (Å²) in [6.45, 7) is 15.7. The molecular formula is C18H28N4OSi. The van der Waals surface area contributed by atoms with E-state index in [1.807, 2.05) is 18.5 Å². The maximum atomic E-state index is 6.54. The summed E-state index contributed by atoms with van der Waals surface area (Å²) in [6, 6.07) is 2.02. The van der Waals surface area contributed by atoms with E-state index in [0.29, 0.717) is 0 Å². The first-order valence-electron chi connectivity index (χ1n) is 8.59. The van der Waals surface area contributed by atoms with Gasteiger partial charge < -0.3 is 14.4 Å². The van der Waals surface area contributed by atoms with Gasteiger partial charge in [0.1, 0.15) is 17.0 Å². The molecule has 24 heavy (non-hydrogen) atoms. The van der Waals surface area contributed by atoms with Crippen molar-refractivity contribution >= 4 is 30.4 Å². The molecule has 0 saturated heterocycles. The van der Waals surface area contributed by atoms with Crippen molar-refractivity contribution in [2.24, 2.45) is 0 Å². The molecule has 2 N–H and O–H groups in total. The van der Waals surface area contributed by atoms with Gasteiger partial charge in [0, 0.05) is 17.5 Å². The van der Waals surface area contributed by atoms with Crippen LogP contribution in [0.25, 0.3) is 22.1 Å². The van der Waals surface area contributed by atoms with Crippen LogP contribution in [0.5, 0.6) is 0 Å². The maximum Gasteiger partial charge on any atom is 0.192 e. The van der Waals surface area contributed by atoms with Crippen LogP contribution in [0.2, 0.25) is 18.1 Å². The molecule has 0 fully saturated rings. The Morgan fingerprint density at radius 3 is 2.58 bits per heavy atom. The van der Waals surface area contributed by atoms with Crippen LogP contribution < -0.4 is 0 Å². The van der Waals surface area contributed by atoms with Crippen molar-refractivity contribution in [1.29, 1.82) is 0 Å². The van der Waals surface area contributed by atoms with Crippen molar-refractivity contribution in [1.82, 2.24) is 19.9 Å². The molecule has 0 aliphatic heterocycles. The third-order valence-corrected chi connectivity index (χ3v) is 10.0. The summed E-state index contributed by atoms with van der Waals surface area (Å²) >= 11 is 0. The van der Waals surface area contributed by atoms with E-state index >= 15 is 0 Å². The zero-order valence-electron chi connectivity index (χ0n) is 15.7. The van der Waals surface area contributed by atoms with E-state index in [0.717, 1.165) is 27.9 Å². The Labute approximate surface area is 144 Å². The Morgan fingerprint density at radius 2 is 1.92 bits per heavy atom. The van der Waals surface area contributed by atoms with Crippen molar-refractivity contribution in [3.63, 3.8) is 0 Å². The molecule has 0 bridgehead atoms. The normalized spacial score (nSPS) is 16.0. The number of fused-ring (bicyclic) bond motifs is 3. The molecule has 0 aromatic carbocycles. The van der Waals surface area contributed by atoms with Crippen LogP contribution >= 0.6 is 0 Å². The first kappa shape index (κ1) is 17.2. The topological polar surface area (TPSA) is 66.6 Å². The number of nitrogens with zero attached hydrogens (tertiary/aromatic N) is 2. The molecule has 0 radical (unpaired) electrons. The lowest BCUT2D eigenvalue weighted by atomic mass is 10.1. The van der Waals surface area contributed by atoms with Gasteiger partial charge in [-0.2, -0.15) is 0 Å². The van der Waals surface area contributed by atoms with Crippen LogP contribution in [0, 0.1) is 0 Å². The predicted molar refractivity (Wildman–Crippen MR) is 102 cm³/mol. The largest absolute Gasteiger partial charge is 0.413 e. The maximum absolute atomic E-state index is 6.54. The number of aromatic nitrogens is 4. The lowest BCUT2D eigenvalue weighted by Gasteiger charge is -2.39. The molecule has 6 heteroatoms. The summed E-state index contributed by atoms with van der Waals surface area (Å²) < 4.78 is 6.54. The van der Waals surface area contributed by atoms with Gasteiger partial charge in [0.15, 0.2) is 8.32 Å². The lowest BCUT2D eigenvalue weighted by Crippen LogP contribution is -2.44. The fourth-order valence-electron chi connectivity index (χ4n) is 2.67. The molecule has 5 nitrogen and oxygen atoms in total. The molecule has 2 unspecified atom stereocenters. The first-order valence-corrected chi connectivity index (χ1v) is 11.5. The minimum absolute atomic E-state index is 0.112. The average molecular weight is 345 g/mol. The van der Waals surface area contributed by atoms with E-state index in [-0.39, 0.29) is 17.1 Å². The number of pyridine rings is 1. The molecule has 2 atom stereocenters. The highest BCUT2D eigenvalue weighted by molar-refractivity contribution is 6.74. The van der Waals surface area contributed by atoms with Crippen LogP contribution in [-0.4, -0.2) is 34.4 Å². The average Bonchev–Trinajstić information content (AvgIpc) is 3.10. The van der Waals surface area contributed by atoms with Gasteiger partial charge in [-0.25, -0.2) is 9.97 Å². The highest BCUT2D eigenvalue weighted by atomic mass is 28.4. The minimum atomic E-state index is -1.79. The standard InChI is InChI=1S/C18H28N4OSi/c1-11(12(2)23-24(6,7)18(3,4)5)16-21-14-10-20-17-13(8-9-19-17)15(14)22-16/h8-12H,1-7H3,(H,19,20)(H,21,22). The Hall–Kier alpha value is -1.66. The number of rotatable bonds is 4. The van der Waals surface area contributed by atoms with Gasteiger partial charge in [0.05, 0.1) is 17.8 Å². The molecule has 3 heterocycles. The van der Waals surface area contributed by atoms with E-state index in [2.05, 4.69) is 62.7 Å². The molecule has 0 saturated carbocycles. The Morgan fingerprint density at radius 1 is 1.21 bits per heavy atom. The summed E-state index contributed by atoms with van der Waals surface area (Å²) in [5.74, 6) is 1.16. The van der Waals surface area contributed by atoms with E-state index in [1.165, 1.54) is 0 Å². The Kier molecular flexibility index (Phi) is 4.08. The van der Waals surface area contributed by atoms with Gasteiger partial charge in [-0.3, -0.25) is 0 Å². The molecule has 3 aromatic heterocycles. The second-order valence-corrected chi connectivity index (χ2v) is 13.0. The fourth-order valence-corrected chi connectivity index (χ4v) is 4.16. The van der Waals surface area contributed by atoms with Gasteiger partial charge >= 0.3 is 0 Å². The van der Waals surface area contributed by atoms with Crippen molar-refractivity contribution in [3.8, 4) is 0 Å². The molecular weight excluding hydrogens is 316 g/mol. The third-order valence-electron chi connectivity index (χ3n) is 5.48. The predicted octanol–water partition coefficient (Wildman–Crippen LogP) is 4.95. The molecule has 0 aliphatic carbocycles. The summed E-state index contributed by atoms with van der Waals surface area (Å²) in [5, 5.41) is 1.26. The smallest absolute Gasteiger partial charge is 0.192 e. The molecule has 0 amide bonds. The third kappa shape index (κ3) is 2.89. The van der Waals surface area contributed by atoms with Crippen LogP contribution in [0.3, 0.4) is 0 Å². The number of hydrogen-bond acceptors (Lipinski definition) is 3. The Balaban J connectivity index is 1.89. The molecule has 0 aliphatic rings. The van der Waals surface area contributed by atoms with Crippen molar-refractivity contribution in [2.75, 3.05) is 0 Å². The summed E-state index contributed by atoms with van der Waals surface area (Å²) in [6.07, 6.45) is 3.86. The van der Waals surface area contributed by atoms with Crippen LogP contribution in [-0.2, 0) is 4.43 Å². The summed E-state index contributed by atoms with van der Waals surface area (Å²) in [7, 11) is -1.79. The molecule has 3 aromatic rings. The number of nitrogens with one attached hydrogen (secondary N) is 2. The number of imidazole rings is 1. The van der Waals surface area contributed by atoms with E-state index in [4.69, 9.17) is 9.41 Å². The van der Waals surface area contributed by atoms with E-state index in [9.17, 15) is 0 Å². The second-order valence-electron chi connectivity index (χ2n) is 8.25. The monoisotopic (exact) mass is 344 g/mol. The SMILES string of the molecule is CC(O[Si](C)(C)C(C)(C)C)C(C)c1nc2c(cnc3[nH]ccc32)[nH]1. The molecule has 130 valence electrons. The zero-order chi connectivity index (χ0) is 17.7. The van der Waals surface area contributed by atoms with Crippen LogP contribution in [0.1, 0.15) is 46.4 Å². The molecule has 3 rings (SSSR count). The Bertz CT molecular complexity index is 859. The highest BCUT2D eigenvalue weighted by Crippen LogP contribution is 2.39. The highest BCUT2D eigenvalue weighted by Gasteiger charge is 2.39. The van der Waals surface area contributed by atoms with Gasteiger partial charge in [-0.1, -0.05) is 27.7 Å². The fraction of sp³-hybridized carbons (Fsp3) is 0.556. The van der Waals surface area contributed by atoms with Crippen LogP contribution in [0.15, 0.2) is 18.5 Å². The van der Waals surface area contributed by atoms with Gasteiger partial charge in [0.25, 0.3) is 0 Å². The van der Waals surface area contributed by atoms with E-state index in [1.54, 1.807) is 0 Å². The van der Waals surface area contributed by atoms with Crippen molar-refractivity contribution < 1.29 is 4.43 Å². The van der Waals surface area contributed by atoms with Gasteiger partial charge in [-0.15, -0.1) is 0 Å². The van der Waals surface area contributed by atoms with Crippen molar-refractivity contribution in [3.05, 3.63) is 24.3 Å². The van der Waals surface area contributed by atoms with E-state index < -0.39 is 8.32 Å².